The molecule has 0 spiro atoms. The average Bonchev–Trinajstić information content (AvgIpc) is 2.32. The Hall–Kier alpha value is -1.09. The van der Waals surface area contributed by atoms with Crippen molar-refractivity contribution in [2.24, 2.45) is 5.92 Å². The van der Waals surface area contributed by atoms with E-state index in [1.807, 2.05) is 13.1 Å². The quantitative estimate of drug-likeness (QED) is 0.868. The Morgan fingerprint density at radius 2 is 2.06 bits per heavy atom. The van der Waals surface area contributed by atoms with Gasteiger partial charge in [0.15, 0.2) is 0 Å². The molecule has 1 N–H and O–H groups in total. The summed E-state index contributed by atoms with van der Waals surface area (Å²) in [4.78, 5) is 2.20. The summed E-state index contributed by atoms with van der Waals surface area (Å²) in [7, 11) is 1.90. The normalized spacial score (nSPS) is 17.5. The first-order valence-electron chi connectivity index (χ1n) is 6.39. The highest BCUT2D eigenvalue weighted by Crippen LogP contribution is 2.28. The van der Waals surface area contributed by atoms with Crippen molar-refractivity contribution in [2.75, 3.05) is 25.0 Å². The zero-order valence-electron chi connectivity index (χ0n) is 10.7. The molecule has 94 valence electrons. The van der Waals surface area contributed by atoms with Crippen LogP contribution in [-0.2, 0) is 6.54 Å². The van der Waals surface area contributed by atoms with Crippen molar-refractivity contribution in [3.05, 3.63) is 29.6 Å². The lowest BCUT2D eigenvalue weighted by Crippen LogP contribution is -2.34. The van der Waals surface area contributed by atoms with Gasteiger partial charge in [-0.15, -0.1) is 0 Å². The fourth-order valence-corrected chi connectivity index (χ4v) is 2.48. The highest BCUT2D eigenvalue weighted by molar-refractivity contribution is 5.55. The van der Waals surface area contributed by atoms with Crippen LogP contribution in [-0.4, -0.2) is 20.1 Å². The summed E-state index contributed by atoms with van der Waals surface area (Å²) in [6.45, 7) is 4.93. The van der Waals surface area contributed by atoms with Crippen molar-refractivity contribution >= 4 is 5.69 Å². The Kier molecular flexibility index (Phi) is 4.00. The molecule has 1 fully saturated rings. The maximum atomic E-state index is 14.0. The van der Waals surface area contributed by atoms with E-state index in [1.54, 1.807) is 12.1 Å². The molecule has 0 aromatic heterocycles. The lowest BCUT2D eigenvalue weighted by molar-refractivity contribution is 0.433. The minimum absolute atomic E-state index is 0.0905. The van der Waals surface area contributed by atoms with Crippen LogP contribution in [0, 0.1) is 11.7 Å². The maximum absolute atomic E-state index is 14.0. The van der Waals surface area contributed by atoms with Crippen molar-refractivity contribution in [2.45, 2.75) is 26.3 Å². The van der Waals surface area contributed by atoms with E-state index < -0.39 is 0 Å². The molecule has 1 aromatic rings. The number of anilines is 1. The van der Waals surface area contributed by atoms with Crippen molar-refractivity contribution in [1.29, 1.82) is 0 Å². The van der Waals surface area contributed by atoms with Crippen molar-refractivity contribution in [3.63, 3.8) is 0 Å². The molecule has 0 atom stereocenters. The molecular weight excluding hydrogens is 215 g/mol. The van der Waals surface area contributed by atoms with Crippen LogP contribution < -0.4 is 10.2 Å². The van der Waals surface area contributed by atoms with Gasteiger partial charge in [0, 0.05) is 19.6 Å². The van der Waals surface area contributed by atoms with Gasteiger partial charge in [0.2, 0.25) is 0 Å². The van der Waals surface area contributed by atoms with Gasteiger partial charge in [0.25, 0.3) is 0 Å². The molecule has 0 amide bonds. The molecule has 0 radical (unpaired) electrons. The lowest BCUT2D eigenvalue weighted by atomic mass is 9.98. The smallest absolute Gasteiger partial charge is 0.146 e. The predicted octanol–water partition coefficient (Wildman–Crippen LogP) is 2.78. The molecule has 1 aliphatic heterocycles. The Balaban J connectivity index is 2.23. The highest BCUT2D eigenvalue weighted by atomic mass is 19.1. The number of nitrogens with zero attached hydrogens (tertiary/aromatic N) is 1. The van der Waals surface area contributed by atoms with Crippen molar-refractivity contribution in [1.82, 2.24) is 5.32 Å². The number of halogens is 1. The van der Waals surface area contributed by atoms with Crippen molar-refractivity contribution in [3.8, 4) is 0 Å². The van der Waals surface area contributed by atoms with Gasteiger partial charge >= 0.3 is 0 Å². The molecule has 1 saturated heterocycles. The first kappa shape index (κ1) is 12.4. The summed E-state index contributed by atoms with van der Waals surface area (Å²) < 4.78 is 14.0. The maximum Gasteiger partial charge on any atom is 0.146 e. The molecule has 0 aliphatic carbocycles. The van der Waals surface area contributed by atoms with Gasteiger partial charge in [0.1, 0.15) is 5.82 Å². The Labute approximate surface area is 103 Å². The van der Waals surface area contributed by atoms with Gasteiger partial charge in [-0.1, -0.05) is 19.1 Å². The molecule has 17 heavy (non-hydrogen) atoms. The SMILES string of the molecule is CNCc1cccc(F)c1N1CCC(C)CC1. The fourth-order valence-electron chi connectivity index (χ4n) is 2.48. The van der Waals surface area contributed by atoms with Crippen molar-refractivity contribution < 1.29 is 4.39 Å². The summed E-state index contributed by atoms with van der Waals surface area (Å²) in [6, 6.07) is 5.36. The number of hydrogen-bond acceptors (Lipinski definition) is 2. The number of piperidine rings is 1. The van der Waals surface area contributed by atoms with E-state index in [0.29, 0.717) is 0 Å². The van der Waals surface area contributed by atoms with Gasteiger partial charge in [-0.05, 0) is 37.4 Å². The summed E-state index contributed by atoms with van der Waals surface area (Å²) in [5.41, 5.74) is 1.86. The summed E-state index contributed by atoms with van der Waals surface area (Å²) in [5.74, 6) is 0.679. The summed E-state index contributed by atoms with van der Waals surface area (Å²) in [5, 5.41) is 3.11. The predicted molar refractivity (Wildman–Crippen MR) is 69.8 cm³/mol. The Bertz CT molecular complexity index is 370. The number of para-hydroxylation sites is 1. The van der Waals surface area contributed by atoms with Crippen LogP contribution in [0.15, 0.2) is 18.2 Å². The van der Waals surface area contributed by atoms with Crippen LogP contribution >= 0.6 is 0 Å². The third-order valence-electron chi connectivity index (χ3n) is 3.54. The van der Waals surface area contributed by atoms with Gasteiger partial charge in [0.05, 0.1) is 5.69 Å². The second kappa shape index (κ2) is 5.50. The molecule has 2 rings (SSSR count). The van der Waals surface area contributed by atoms with Gasteiger partial charge in [-0.25, -0.2) is 4.39 Å². The molecule has 0 saturated carbocycles. The van der Waals surface area contributed by atoms with E-state index in [0.717, 1.165) is 49.6 Å². The van der Waals surface area contributed by atoms with Crippen LogP contribution in [0.2, 0.25) is 0 Å². The minimum atomic E-state index is -0.0905. The highest BCUT2D eigenvalue weighted by Gasteiger charge is 2.20. The standard InChI is InChI=1S/C14H21FN2/c1-11-6-8-17(9-7-11)14-12(10-16-2)4-3-5-13(14)15/h3-5,11,16H,6-10H2,1-2H3. The summed E-state index contributed by atoms with van der Waals surface area (Å²) >= 11 is 0. The van der Waals surface area contributed by atoms with E-state index in [-0.39, 0.29) is 5.82 Å². The van der Waals surface area contributed by atoms with Gasteiger partial charge in [-0.3, -0.25) is 0 Å². The largest absolute Gasteiger partial charge is 0.369 e. The monoisotopic (exact) mass is 236 g/mol. The van der Waals surface area contributed by atoms with E-state index >= 15 is 0 Å². The fraction of sp³-hybridized carbons (Fsp3) is 0.571. The van der Waals surface area contributed by atoms with Crippen LogP contribution in [0.5, 0.6) is 0 Å². The van der Waals surface area contributed by atoms with E-state index in [2.05, 4.69) is 17.1 Å². The molecule has 1 aromatic carbocycles. The van der Waals surface area contributed by atoms with Crippen LogP contribution in [0.4, 0.5) is 10.1 Å². The topological polar surface area (TPSA) is 15.3 Å². The van der Waals surface area contributed by atoms with E-state index in [4.69, 9.17) is 0 Å². The molecule has 0 unspecified atom stereocenters. The third kappa shape index (κ3) is 2.78. The zero-order chi connectivity index (χ0) is 12.3. The third-order valence-corrected chi connectivity index (χ3v) is 3.54. The minimum Gasteiger partial charge on any atom is -0.369 e. The number of benzene rings is 1. The number of hydrogen-bond donors (Lipinski definition) is 1. The van der Waals surface area contributed by atoms with Gasteiger partial charge < -0.3 is 10.2 Å². The van der Waals surface area contributed by atoms with Crippen LogP contribution in [0.1, 0.15) is 25.3 Å². The Morgan fingerprint density at radius 3 is 2.71 bits per heavy atom. The number of nitrogens with one attached hydrogen (secondary N) is 1. The van der Waals surface area contributed by atoms with Gasteiger partial charge in [-0.2, -0.15) is 0 Å². The van der Waals surface area contributed by atoms with Crippen LogP contribution in [0.25, 0.3) is 0 Å². The summed E-state index contributed by atoms with van der Waals surface area (Å²) in [6.07, 6.45) is 2.32. The molecule has 1 aliphatic rings. The molecule has 2 nitrogen and oxygen atoms in total. The lowest BCUT2D eigenvalue weighted by Gasteiger charge is -2.33. The molecule has 0 bridgehead atoms. The van der Waals surface area contributed by atoms with E-state index in [1.165, 1.54) is 0 Å². The molecular formula is C14H21FN2. The number of rotatable bonds is 3. The first-order valence-corrected chi connectivity index (χ1v) is 6.39. The first-order chi connectivity index (χ1) is 8.22. The van der Waals surface area contributed by atoms with E-state index in [9.17, 15) is 4.39 Å². The molecule has 3 heteroatoms. The molecule has 1 heterocycles. The van der Waals surface area contributed by atoms with Crippen LogP contribution in [0.3, 0.4) is 0 Å². The second-order valence-electron chi connectivity index (χ2n) is 4.95. The Morgan fingerprint density at radius 1 is 1.35 bits per heavy atom. The average molecular weight is 236 g/mol. The second-order valence-corrected chi connectivity index (χ2v) is 4.95. The zero-order valence-corrected chi connectivity index (χ0v) is 10.7.